The summed E-state index contributed by atoms with van der Waals surface area (Å²) in [4.78, 5) is 6.73. The van der Waals surface area contributed by atoms with Gasteiger partial charge in [-0.1, -0.05) is 12.1 Å². The van der Waals surface area contributed by atoms with Gasteiger partial charge in [0.1, 0.15) is 0 Å². The van der Waals surface area contributed by atoms with Crippen molar-refractivity contribution in [3.63, 3.8) is 0 Å². The number of hydrogen-bond donors (Lipinski definition) is 3. The summed E-state index contributed by atoms with van der Waals surface area (Å²) in [5.74, 6) is 0. The molecule has 1 saturated heterocycles. The fraction of sp³-hybridized carbons (Fsp3) is 0.333. The molecule has 4 rings (SSSR count). The molecule has 26 heavy (non-hydrogen) atoms. The van der Waals surface area contributed by atoms with Gasteiger partial charge in [-0.25, -0.2) is 0 Å². The number of fused-ring (bicyclic) bond motifs is 1. The van der Waals surface area contributed by atoms with Gasteiger partial charge in [0.2, 0.25) is 0 Å². The molecule has 1 atom stereocenters. The first kappa shape index (κ1) is 17.6. The standard InChI is InChI=1S/C21H24N2O2S/c1-14-7-16(11-20(8-14)26-25)15-4-5-21-17(9-15)10-18(22-21)12-23-6-2-3-19(23)13-24/h4-5,7-11,19,22,24-25H,2-3,6,12-13H2,1H3. The zero-order valence-corrected chi connectivity index (χ0v) is 15.7. The molecule has 2 aromatic carbocycles. The Labute approximate surface area is 158 Å². The summed E-state index contributed by atoms with van der Waals surface area (Å²) >= 11 is 0.787. The number of H-pyrrole nitrogens is 1. The van der Waals surface area contributed by atoms with Crippen molar-refractivity contribution in [2.45, 2.75) is 37.2 Å². The highest BCUT2D eigenvalue weighted by Crippen LogP contribution is 2.29. The van der Waals surface area contributed by atoms with Crippen LogP contribution in [0.15, 0.2) is 47.4 Å². The molecule has 0 aliphatic carbocycles. The van der Waals surface area contributed by atoms with Crippen LogP contribution in [0.4, 0.5) is 0 Å². The quantitative estimate of drug-likeness (QED) is 0.573. The average molecular weight is 369 g/mol. The first-order valence-corrected chi connectivity index (χ1v) is 9.83. The predicted molar refractivity (Wildman–Crippen MR) is 107 cm³/mol. The zero-order valence-electron chi connectivity index (χ0n) is 14.9. The minimum atomic E-state index is 0.239. The van der Waals surface area contributed by atoms with Crippen LogP contribution < -0.4 is 0 Å². The second kappa shape index (κ2) is 7.45. The lowest BCUT2D eigenvalue weighted by Gasteiger charge is -2.21. The second-order valence-electron chi connectivity index (χ2n) is 7.17. The maximum absolute atomic E-state index is 9.51. The van der Waals surface area contributed by atoms with Crippen LogP contribution >= 0.6 is 12.0 Å². The molecule has 0 bridgehead atoms. The summed E-state index contributed by atoms with van der Waals surface area (Å²) < 4.78 is 9.38. The van der Waals surface area contributed by atoms with Gasteiger partial charge in [0, 0.05) is 46.1 Å². The van der Waals surface area contributed by atoms with Gasteiger partial charge in [0.15, 0.2) is 0 Å². The maximum atomic E-state index is 9.51. The van der Waals surface area contributed by atoms with E-state index in [9.17, 15) is 9.66 Å². The highest BCUT2D eigenvalue weighted by molar-refractivity contribution is 7.93. The SMILES string of the molecule is Cc1cc(SO)cc(-c2ccc3[nH]c(CN4CCCC4CO)cc3c2)c1. The van der Waals surface area contributed by atoms with E-state index in [1.807, 2.05) is 19.1 Å². The van der Waals surface area contributed by atoms with Crippen molar-refractivity contribution in [3.05, 3.63) is 53.7 Å². The number of aryl methyl sites for hydroxylation is 1. The summed E-state index contributed by atoms with van der Waals surface area (Å²) in [6.07, 6.45) is 2.24. The minimum absolute atomic E-state index is 0.239. The van der Waals surface area contributed by atoms with E-state index < -0.39 is 0 Å². The number of likely N-dealkylation sites (tertiary alicyclic amines) is 1. The van der Waals surface area contributed by atoms with Crippen molar-refractivity contribution in [1.82, 2.24) is 9.88 Å². The molecule has 0 amide bonds. The Hall–Kier alpha value is -1.79. The lowest BCUT2D eigenvalue weighted by molar-refractivity contribution is 0.152. The molecule has 1 fully saturated rings. The van der Waals surface area contributed by atoms with Crippen LogP contribution in [0.5, 0.6) is 0 Å². The van der Waals surface area contributed by atoms with E-state index in [0.29, 0.717) is 6.04 Å². The largest absolute Gasteiger partial charge is 0.395 e. The number of nitrogens with zero attached hydrogens (tertiary/aromatic N) is 1. The van der Waals surface area contributed by atoms with Crippen LogP contribution in [0.3, 0.4) is 0 Å². The third-order valence-corrected chi connectivity index (χ3v) is 5.70. The van der Waals surface area contributed by atoms with E-state index in [1.165, 1.54) is 11.1 Å². The Morgan fingerprint density at radius 1 is 1.15 bits per heavy atom. The van der Waals surface area contributed by atoms with Crippen molar-refractivity contribution in [3.8, 4) is 11.1 Å². The molecule has 0 radical (unpaired) electrons. The fourth-order valence-electron chi connectivity index (χ4n) is 3.95. The molecule has 2 heterocycles. The summed E-state index contributed by atoms with van der Waals surface area (Å²) in [6.45, 7) is 4.19. The number of aromatic nitrogens is 1. The highest BCUT2D eigenvalue weighted by atomic mass is 32.2. The highest BCUT2D eigenvalue weighted by Gasteiger charge is 2.24. The maximum Gasteiger partial charge on any atom is 0.0587 e. The Bertz CT molecular complexity index is 922. The first-order valence-electron chi connectivity index (χ1n) is 9.06. The van der Waals surface area contributed by atoms with Gasteiger partial charge in [0.25, 0.3) is 0 Å². The number of nitrogens with one attached hydrogen (secondary N) is 1. The van der Waals surface area contributed by atoms with E-state index in [-0.39, 0.29) is 6.61 Å². The molecule has 1 aromatic heterocycles. The van der Waals surface area contributed by atoms with Crippen LogP contribution in [-0.4, -0.2) is 38.7 Å². The Morgan fingerprint density at radius 3 is 2.85 bits per heavy atom. The predicted octanol–water partition coefficient (Wildman–Crippen LogP) is 4.67. The van der Waals surface area contributed by atoms with Crippen LogP contribution in [0, 0.1) is 6.92 Å². The Balaban J connectivity index is 1.63. The van der Waals surface area contributed by atoms with E-state index in [0.717, 1.165) is 65.1 Å². The van der Waals surface area contributed by atoms with E-state index in [4.69, 9.17) is 0 Å². The molecular formula is C21H24N2O2S. The summed E-state index contributed by atoms with van der Waals surface area (Å²) in [5, 5.41) is 10.7. The lowest BCUT2D eigenvalue weighted by atomic mass is 10.0. The number of benzene rings is 2. The number of aliphatic hydroxyl groups excluding tert-OH is 1. The molecule has 1 unspecified atom stereocenters. The summed E-state index contributed by atoms with van der Waals surface area (Å²) in [6, 6.07) is 15.1. The second-order valence-corrected chi connectivity index (χ2v) is 7.83. The lowest BCUT2D eigenvalue weighted by Crippen LogP contribution is -2.31. The van der Waals surface area contributed by atoms with Crippen molar-refractivity contribution in [2.75, 3.05) is 13.2 Å². The van der Waals surface area contributed by atoms with Crippen molar-refractivity contribution >= 4 is 22.9 Å². The topological polar surface area (TPSA) is 59.5 Å². The van der Waals surface area contributed by atoms with Crippen LogP contribution in [-0.2, 0) is 6.54 Å². The van der Waals surface area contributed by atoms with Crippen LogP contribution in [0.2, 0.25) is 0 Å². The van der Waals surface area contributed by atoms with Crippen molar-refractivity contribution in [2.24, 2.45) is 0 Å². The van der Waals surface area contributed by atoms with Gasteiger partial charge in [-0.15, -0.1) is 0 Å². The average Bonchev–Trinajstić information content (AvgIpc) is 3.26. The van der Waals surface area contributed by atoms with Gasteiger partial charge in [-0.2, -0.15) is 0 Å². The van der Waals surface area contributed by atoms with Crippen LogP contribution in [0.25, 0.3) is 22.0 Å². The number of aliphatic hydroxyl groups is 1. The molecule has 1 aliphatic heterocycles. The molecule has 3 N–H and O–H groups in total. The number of aromatic amines is 1. The Morgan fingerprint density at radius 2 is 2.04 bits per heavy atom. The molecule has 0 saturated carbocycles. The first-order chi connectivity index (χ1) is 12.7. The third-order valence-electron chi connectivity index (χ3n) is 5.25. The van der Waals surface area contributed by atoms with Gasteiger partial charge in [-0.3, -0.25) is 4.90 Å². The molecule has 5 heteroatoms. The number of hydrogen-bond acceptors (Lipinski definition) is 4. The van der Waals surface area contributed by atoms with Crippen LogP contribution in [0.1, 0.15) is 24.1 Å². The summed E-state index contributed by atoms with van der Waals surface area (Å²) in [5.41, 5.74) is 5.72. The smallest absolute Gasteiger partial charge is 0.0587 e. The molecular weight excluding hydrogens is 344 g/mol. The summed E-state index contributed by atoms with van der Waals surface area (Å²) in [7, 11) is 0. The monoisotopic (exact) mass is 368 g/mol. The normalized spacial score (nSPS) is 18.0. The minimum Gasteiger partial charge on any atom is -0.395 e. The molecule has 4 nitrogen and oxygen atoms in total. The van der Waals surface area contributed by atoms with Crippen molar-refractivity contribution < 1.29 is 9.66 Å². The number of rotatable bonds is 5. The molecule has 1 aliphatic rings. The molecule has 3 aromatic rings. The Kier molecular flexibility index (Phi) is 5.05. The van der Waals surface area contributed by atoms with Crippen molar-refractivity contribution in [1.29, 1.82) is 0 Å². The van der Waals surface area contributed by atoms with Gasteiger partial charge < -0.3 is 14.6 Å². The van der Waals surface area contributed by atoms with Gasteiger partial charge in [-0.05, 0) is 73.3 Å². The fourth-order valence-corrected chi connectivity index (χ4v) is 4.37. The molecule has 0 spiro atoms. The van der Waals surface area contributed by atoms with Gasteiger partial charge >= 0.3 is 0 Å². The van der Waals surface area contributed by atoms with E-state index in [1.54, 1.807) is 0 Å². The zero-order chi connectivity index (χ0) is 18.1. The van der Waals surface area contributed by atoms with Gasteiger partial charge in [0.05, 0.1) is 6.61 Å². The molecule has 136 valence electrons. The van der Waals surface area contributed by atoms with E-state index in [2.05, 4.69) is 40.2 Å². The van der Waals surface area contributed by atoms with E-state index >= 15 is 0 Å². The third kappa shape index (κ3) is 3.53.